The van der Waals surface area contributed by atoms with Gasteiger partial charge in [0.15, 0.2) is 0 Å². The molecule has 3 rings (SSSR count). The molecule has 1 aromatic rings. The Kier molecular flexibility index (Phi) is 5.28. The zero-order chi connectivity index (χ0) is 20.6. The van der Waals surface area contributed by atoms with Crippen LogP contribution in [0.4, 0.5) is 5.69 Å². The first-order chi connectivity index (χ1) is 13.3. The summed E-state index contributed by atoms with van der Waals surface area (Å²) in [6.07, 6.45) is -0.268. The summed E-state index contributed by atoms with van der Waals surface area (Å²) in [6, 6.07) is 3.48. The highest BCUT2D eigenvalue weighted by Crippen LogP contribution is 2.33. The summed E-state index contributed by atoms with van der Waals surface area (Å²) < 4.78 is 5.12. The molecule has 0 spiro atoms. The van der Waals surface area contributed by atoms with Crippen LogP contribution in [0.2, 0.25) is 0 Å². The van der Waals surface area contributed by atoms with Crippen LogP contribution in [0.5, 0.6) is 0 Å². The minimum atomic E-state index is -1.07. The molecule has 9 heteroatoms. The lowest BCUT2D eigenvalue weighted by Gasteiger charge is -2.35. The number of fused-ring (bicyclic) bond motifs is 1. The fourth-order valence-corrected chi connectivity index (χ4v) is 3.46. The lowest BCUT2D eigenvalue weighted by molar-refractivity contribution is -0.153. The third kappa shape index (κ3) is 3.29. The lowest BCUT2D eigenvalue weighted by atomic mass is 10.0. The zero-order valence-corrected chi connectivity index (χ0v) is 15.9. The number of anilines is 1. The minimum absolute atomic E-state index is 0.0405. The van der Waals surface area contributed by atoms with E-state index >= 15 is 0 Å². The molecular weight excluding hydrogens is 366 g/mol. The maximum atomic E-state index is 13.0. The molecule has 2 aliphatic rings. The number of likely N-dealkylation sites (tertiary alicyclic amines) is 1. The van der Waals surface area contributed by atoms with Crippen molar-refractivity contribution in [3.8, 4) is 0 Å². The maximum Gasteiger partial charge on any atom is 0.264 e. The topological polar surface area (TPSA) is 113 Å². The van der Waals surface area contributed by atoms with Crippen LogP contribution in [0.3, 0.4) is 0 Å². The Labute approximate surface area is 161 Å². The average Bonchev–Trinajstić information content (AvgIpc) is 2.90. The van der Waals surface area contributed by atoms with Crippen molar-refractivity contribution < 1.29 is 28.7 Å². The first kappa shape index (κ1) is 19.7. The number of amides is 5. The van der Waals surface area contributed by atoms with Gasteiger partial charge in [0, 0.05) is 20.5 Å². The van der Waals surface area contributed by atoms with Gasteiger partial charge in [-0.1, -0.05) is 6.07 Å². The molecule has 0 aliphatic carbocycles. The second-order valence-electron chi connectivity index (χ2n) is 6.83. The zero-order valence-electron chi connectivity index (χ0n) is 15.9. The van der Waals surface area contributed by atoms with E-state index in [2.05, 4.69) is 5.32 Å². The van der Waals surface area contributed by atoms with Gasteiger partial charge in [-0.05, 0) is 25.5 Å². The maximum absolute atomic E-state index is 13.0. The Balaban J connectivity index is 1.93. The molecule has 9 nitrogen and oxygen atoms in total. The van der Waals surface area contributed by atoms with Crippen LogP contribution in [-0.2, 0) is 19.1 Å². The van der Waals surface area contributed by atoms with Crippen LogP contribution in [0.15, 0.2) is 18.2 Å². The van der Waals surface area contributed by atoms with Gasteiger partial charge in [-0.2, -0.15) is 0 Å². The predicted molar refractivity (Wildman–Crippen MR) is 97.5 cm³/mol. The molecule has 5 amide bonds. The van der Waals surface area contributed by atoms with E-state index in [-0.39, 0.29) is 54.1 Å². The molecule has 0 saturated carbocycles. The fraction of sp³-hybridized carbons (Fsp3) is 0.421. The summed E-state index contributed by atoms with van der Waals surface area (Å²) in [4.78, 5) is 64.3. The number of hydrogen-bond donors (Lipinski definition) is 1. The Hall–Kier alpha value is -3.07. The standard InChI is InChI=1S/C19H21N3O6/c1-10(28-3)9-21-15(24)8-7-14(18(21)26)22-17(25)12-5-4-6-13(20-11(2)23)16(12)19(22)27/h4-6,10,14H,7-9H2,1-3H3,(H,20,23). The average molecular weight is 387 g/mol. The lowest BCUT2D eigenvalue weighted by Crippen LogP contribution is -2.57. The molecule has 1 fully saturated rings. The SMILES string of the molecule is COC(C)CN1C(=O)CCC(N2C(=O)c3cccc(NC(C)=O)c3C2=O)C1=O. The Morgan fingerprint density at radius 1 is 1.25 bits per heavy atom. The van der Waals surface area contributed by atoms with Crippen molar-refractivity contribution in [2.45, 2.75) is 38.8 Å². The van der Waals surface area contributed by atoms with Crippen LogP contribution < -0.4 is 5.32 Å². The van der Waals surface area contributed by atoms with E-state index in [1.54, 1.807) is 13.0 Å². The molecule has 148 valence electrons. The molecule has 0 radical (unpaired) electrons. The molecular formula is C19H21N3O6. The van der Waals surface area contributed by atoms with Gasteiger partial charge in [-0.15, -0.1) is 0 Å². The van der Waals surface area contributed by atoms with E-state index in [0.29, 0.717) is 0 Å². The van der Waals surface area contributed by atoms with Crippen LogP contribution in [0.25, 0.3) is 0 Å². The summed E-state index contributed by atoms with van der Waals surface area (Å²) >= 11 is 0. The first-order valence-corrected chi connectivity index (χ1v) is 8.91. The largest absolute Gasteiger partial charge is 0.380 e. The summed E-state index contributed by atoms with van der Waals surface area (Å²) in [7, 11) is 1.47. The van der Waals surface area contributed by atoms with Crippen molar-refractivity contribution in [3.05, 3.63) is 29.3 Å². The first-order valence-electron chi connectivity index (χ1n) is 8.91. The molecule has 1 saturated heterocycles. The van der Waals surface area contributed by atoms with Gasteiger partial charge in [0.05, 0.1) is 29.5 Å². The molecule has 0 aromatic heterocycles. The van der Waals surface area contributed by atoms with E-state index in [1.807, 2.05) is 0 Å². The number of ether oxygens (including phenoxy) is 1. The number of nitrogens with one attached hydrogen (secondary N) is 1. The van der Waals surface area contributed by atoms with Crippen molar-refractivity contribution >= 4 is 35.2 Å². The molecule has 28 heavy (non-hydrogen) atoms. The van der Waals surface area contributed by atoms with E-state index < -0.39 is 23.8 Å². The number of methoxy groups -OCH3 is 1. The van der Waals surface area contributed by atoms with E-state index in [9.17, 15) is 24.0 Å². The van der Waals surface area contributed by atoms with Gasteiger partial charge in [-0.25, -0.2) is 0 Å². The van der Waals surface area contributed by atoms with Gasteiger partial charge < -0.3 is 10.1 Å². The Bertz CT molecular complexity index is 880. The Morgan fingerprint density at radius 2 is 1.96 bits per heavy atom. The molecule has 2 unspecified atom stereocenters. The van der Waals surface area contributed by atoms with Gasteiger partial charge >= 0.3 is 0 Å². The normalized spacial score (nSPS) is 20.5. The quantitative estimate of drug-likeness (QED) is 0.748. The fourth-order valence-electron chi connectivity index (χ4n) is 3.46. The number of hydrogen-bond acceptors (Lipinski definition) is 6. The number of nitrogens with zero attached hydrogens (tertiary/aromatic N) is 2. The van der Waals surface area contributed by atoms with E-state index in [1.165, 1.54) is 26.2 Å². The highest BCUT2D eigenvalue weighted by molar-refractivity contribution is 6.26. The monoisotopic (exact) mass is 387 g/mol. The van der Waals surface area contributed by atoms with Crippen LogP contribution in [-0.4, -0.2) is 65.1 Å². The molecule has 1 aromatic carbocycles. The number of benzene rings is 1. The van der Waals surface area contributed by atoms with Crippen LogP contribution in [0.1, 0.15) is 47.4 Å². The smallest absolute Gasteiger partial charge is 0.264 e. The second-order valence-corrected chi connectivity index (χ2v) is 6.83. The molecule has 0 bridgehead atoms. The number of rotatable bonds is 5. The van der Waals surface area contributed by atoms with E-state index in [0.717, 1.165) is 9.80 Å². The third-order valence-electron chi connectivity index (χ3n) is 4.89. The van der Waals surface area contributed by atoms with Gasteiger partial charge in [-0.3, -0.25) is 33.8 Å². The van der Waals surface area contributed by atoms with Crippen LogP contribution >= 0.6 is 0 Å². The number of piperidine rings is 1. The molecule has 2 aliphatic heterocycles. The van der Waals surface area contributed by atoms with Gasteiger partial charge in [0.2, 0.25) is 11.8 Å². The second kappa shape index (κ2) is 7.51. The van der Waals surface area contributed by atoms with E-state index in [4.69, 9.17) is 4.74 Å². The minimum Gasteiger partial charge on any atom is -0.380 e. The van der Waals surface area contributed by atoms with Crippen molar-refractivity contribution in [2.75, 3.05) is 19.0 Å². The number of carbonyl (C=O) groups is 5. The summed E-state index contributed by atoms with van der Waals surface area (Å²) in [5, 5.41) is 2.54. The highest BCUT2D eigenvalue weighted by atomic mass is 16.5. The third-order valence-corrected chi connectivity index (χ3v) is 4.89. The number of imide groups is 2. The summed E-state index contributed by atoms with van der Waals surface area (Å²) in [5.74, 6) is -2.61. The van der Waals surface area contributed by atoms with Crippen LogP contribution in [0, 0.1) is 0 Å². The van der Waals surface area contributed by atoms with Crippen molar-refractivity contribution in [1.82, 2.24) is 9.80 Å². The van der Waals surface area contributed by atoms with Gasteiger partial charge in [0.25, 0.3) is 17.7 Å². The van der Waals surface area contributed by atoms with Crippen molar-refractivity contribution in [3.63, 3.8) is 0 Å². The molecule has 1 N–H and O–H groups in total. The summed E-state index contributed by atoms with van der Waals surface area (Å²) in [6.45, 7) is 3.06. The summed E-state index contributed by atoms with van der Waals surface area (Å²) in [5.41, 5.74) is 0.400. The van der Waals surface area contributed by atoms with Crippen molar-refractivity contribution in [2.24, 2.45) is 0 Å². The molecule has 2 atom stereocenters. The predicted octanol–water partition coefficient (Wildman–Crippen LogP) is 0.793. The highest BCUT2D eigenvalue weighted by Gasteiger charge is 2.47. The molecule has 2 heterocycles. The number of carbonyl (C=O) groups excluding carboxylic acids is 5. The Morgan fingerprint density at radius 3 is 2.61 bits per heavy atom. The van der Waals surface area contributed by atoms with Gasteiger partial charge in [0.1, 0.15) is 6.04 Å². The van der Waals surface area contributed by atoms with Crippen molar-refractivity contribution in [1.29, 1.82) is 0 Å².